The number of Topliss-reactive ketones (excluding diaryl/α,β-unsaturated/α-hetero) is 1. The van der Waals surface area contributed by atoms with E-state index in [1.54, 1.807) is 0 Å². The van der Waals surface area contributed by atoms with Crippen LogP contribution >= 0.6 is 0 Å². The molecule has 1 heterocycles. The maximum atomic E-state index is 12.4. The Morgan fingerprint density at radius 2 is 1.90 bits per heavy atom. The fourth-order valence-electron chi connectivity index (χ4n) is 2.69. The lowest BCUT2D eigenvalue weighted by Gasteiger charge is -2.29. The van der Waals surface area contributed by atoms with E-state index in [1.165, 1.54) is 6.92 Å². The van der Waals surface area contributed by atoms with E-state index in [2.05, 4.69) is 10.5 Å². The van der Waals surface area contributed by atoms with Crippen LogP contribution in [0.1, 0.15) is 62.3 Å². The van der Waals surface area contributed by atoms with Crippen molar-refractivity contribution in [2.24, 2.45) is 5.41 Å². The highest BCUT2D eigenvalue weighted by Gasteiger charge is 2.32. The van der Waals surface area contributed by atoms with Gasteiger partial charge in [-0.3, -0.25) is 9.59 Å². The van der Waals surface area contributed by atoms with Crippen LogP contribution < -0.4 is 5.32 Å². The molecule has 1 aliphatic carbocycles. The van der Waals surface area contributed by atoms with Crippen LogP contribution in [0, 0.1) is 5.41 Å². The summed E-state index contributed by atoms with van der Waals surface area (Å²) in [5, 5.41) is 6.69. The molecular formula is C15H22N2O3. The Bertz CT molecular complexity index is 526. The molecule has 2 rings (SSSR count). The Morgan fingerprint density at radius 1 is 1.25 bits per heavy atom. The molecule has 1 aromatic heterocycles. The Balaban J connectivity index is 2.19. The van der Waals surface area contributed by atoms with Gasteiger partial charge in [-0.05, 0) is 31.6 Å². The lowest BCUT2D eigenvalue weighted by molar-refractivity contribution is -0.121. The van der Waals surface area contributed by atoms with E-state index in [0.29, 0.717) is 5.69 Å². The molecule has 1 atom stereocenters. The minimum absolute atomic E-state index is 0.0526. The second-order valence-electron chi connectivity index (χ2n) is 6.52. The molecule has 0 saturated carbocycles. The van der Waals surface area contributed by atoms with Gasteiger partial charge in [0.15, 0.2) is 11.5 Å². The quantitative estimate of drug-likeness (QED) is 0.920. The molecule has 0 fully saturated rings. The van der Waals surface area contributed by atoms with Crippen molar-refractivity contribution in [1.29, 1.82) is 0 Å². The predicted molar refractivity (Wildman–Crippen MR) is 74.5 cm³/mol. The van der Waals surface area contributed by atoms with Gasteiger partial charge in [0.05, 0.1) is 6.04 Å². The zero-order chi connectivity index (χ0) is 14.9. The van der Waals surface area contributed by atoms with Crippen LogP contribution in [-0.4, -0.2) is 22.9 Å². The number of nitrogens with zero attached hydrogens (tertiary/aromatic N) is 1. The van der Waals surface area contributed by atoms with Crippen LogP contribution in [0.4, 0.5) is 0 Å². The average Bonchev–Trinajstić information content (AvgIpc) is 2.77. The van der Waals surface area contributed by atoms with E-state index in [4.69, 9.17) is 4.52 Å². The maximum Gasteiger partial charge on any atom is 0.274 e. The van der Waals surface area contributed by atoms with Gasteiger partial charge in [-0.25, -0.2) is 0 Å². The van der Waals surface area contributed by atoms with E-state index >= 15 is 0 Å². The third-order valence-corrected chi connectivity index (χ3v) is 3.71. The lowest BCUT2D eigenvalue weighted by Crippen LogP contribution is -2.48. The van der Waals surface area contributed by atoms with Crippen molar-refractivity contribution >= 4 is 11.7 Å². The van der Waals surface area contributed by atoms with Gasteiger partial charge in [0.25, 0.3) is 5.91 Å². The van der Waals surface area contributed by atoms with Crippen molar-refractivity contribution in [3.8, 4) is 0 Å². The highest BCUT2D eigenvalue weighted by molar-refractivity contribution is 5.97. The third-order valence-electron chi connectivity index (χ3n) is 3.71. The number of fused-ring (bicyclic) bond motifs is 1. The summed E-state index contributed by atoms with van der Waals surface area (Å²) in [5.41, 5.74) is 0.922. The van der Waals surface area contributed by atoms with Crippen LogP contribution in [-0.2, 0) is 17.6 Å². The van der Waals surface area contributed by atoms with Crippen molar-refractivity contribution < 1.29 is 14.1 Å². The lowest BCUT2D eigenvalue weighted by atomic mass is 9.84. The number of aromatic nitrogens is 1. The summed E-state index contributed by atoms with van der Waals surface area (Å²) < 4.78 is 5.24. The molecule has 20 heavy (non-hydrogen) atoms. The minimum Gasteiger partial charge on any atom is -0.360 e. The summed E-state index contributed by atoms with van der Waals surface area (Å²) in [6, 6.07) is -0.522. The average molecular weight is 278 g/mol. The van der Waals surface area contributed by atoms with Crippen molar-refractivity contribution in [2.45, 2.75) is 59.4 Å². The first-order chi connectivity index (χ1) is 9.30. The van der Waals surface area contributed by atoms with Crippen molar-refractivity contribution in [2.75, 3.05) is 0 Å². The van der Waals surface area contributed by atoms with Crippen molar-refractivity contribution in [3.63, 3.8) is 0 Å². The van der Waals surface area contributed by atoms with E-state index in [0.717, 1.165) is 37.0 Å². The first-order valence-electron chi connectivity index (χ1n) is 7.09. The van der Waals surface area contributed by atoms with Gasteiger partial charge in [-0.15, -0.1) is 0 Å². The summed E-state index contributed by atoms with van der Waals surface area (Å²) in [6.45, 7) is 7.28. The highest BCUT2D eigenvalue weighted by Crippen LogP contribution is 2.25. The van der Waals surface area contributed by atoms with Gasteiger partial charge in [0, 0.05) is 12.0 Å². The second kappa shape index (κ2) is 5.38. The first kappa shape index (κ1) is 14.8. The molecule has 0 radical (unpaired) electrons. The molecule has 0 aromatic carbocycles. The smallest absolute Gasteiger partial charge is 0.274 e. The van der Waals surface area contributed by atoms with Crippen LogP contribution in [0.5, 0.6) is 0 Å². The molecule has 0 bridgehead atoms. The largest absolute Gasteiger partial charge is 0.360 e. The summed E-state index contributed by atoms with van der Waals surface area (Å²) in [6.07, 6.45) is 3.78. The Hall–Kier alpha value is -1.65. The Morgan fingerprint density at radius 3 is 2.50 bits per heavy atom. The molecule has 1 amide bonds. The molecule has 0 saturated heterocycles. The Kier molecular flexibility index (Phi) is 3.97. The second-order valence-corrected chi connectivity index (χ2v) is 6.52. The maximum absolute atomic E-state index is 12.4. The normalized spacial score (nSPS) is 16.4. The summed E-state index contributed by atoms with van der Waals surface area (Å²) in [7, 11) is 0. The predicted octanol–water partition coefficient (Wildman–Crippen LogP) is 2.29. The van der Waals surface area contributed by atoms with E-state index < -0.39 is 6.04 Å². The number of ketones is 1. The van der Waals surface area contributed by atoms with E-state index in [9.17, 15) is 9.59 Å². The molecule has 110 valence electrons. The number of carbonyl (C=O) groups is 2. The molecular weight excluding hydrogens is 256 g/mol. The SMILES string of the molecule is CC(=O)[C@@H](NC(=O)c1noc2c1CCCC2)C(C)(C)C. The fraction of sp³-hybridized carbons (Fsp3) is 0.667. The van der Waals surface area contributed by atoms with Gasteiger partial charge < -0.3 is 9.84 Å². The van der Waals surface area contributed by atoms with Gasteiger partial charge in [-0.2, -0.15) is 0 Å². The van der Waals surface area contributed by atoms with E-state index in [1.807, 2.05) is 20.8 Å². The number of carbonyl (C=O) groups excluding carboxylic acids is 2. The van der Waals surface area contributed by atoms with Crippen LogP contribution in [0.2, 0.25) is 0 Å². The third kappa shape index (κ3) is 2.92. The highest BCUT2D eigenvalue weighted by atomic mass is 16.5. The standard InChI is InChI=1S/C15H22N2O3/c1-9(18)13(15(2,3)4)16-14(19)12-10-7-5-6-8-11(10)20-17-12/h13H,5-8H2,1-4H3,(H,16,19)/t13-/m1/s1. The molecule has 0 spiro atoms. The summed E-state index contributed by atoms with van der Waals surface area (Å²) in [4.78, 5) is 24.1. The number of hydrogen-bond acceptors (Lipinski definition) is 4. The Labute approximate surface area is 119 Å². The van der Waals surface area contributed by atoms with Crippen LogP contribution in [0.25, 0.3) is 0 Å². The topological polar surface area (TPSA) is 72.2 Å². The number of amides is 1. The monoisotopic (exact) mass is 278 g/mol. The molecule has 1 aromatic rings. The summed E-state index contributed by atoms with van der Waals surface area (Å²) in [5.74, 6) is 0.451. The van der Waals surface area contributed by atoms with Gasteiger partial charge >= 0.3 is 0 Å². The van der Waals surface area contributed by atoms with Gasteiger partial charge in [0.2, 0.25) is 0 Å². The van der Waals surface area contributed by atoms with Crippen LogP contribution in [0.3, 0.4) is 0 Å². The zero-order valence-corrected chi connectivity index (χ0v) is 12.6. The van der Waals surface area contributed by atoms with Crippen LogP contribution in [0.15, 0.2) is 4.52 Å². The number of aryl methyl sites for hydroxylation is 1. The molecule has 5 heteroatoms. The molecule has 0 unspecified atom stereocenters. The molecule has 0 aliphatic heterocycles. The van der Waals surface area contributed by atoms with Gasteiger partial charge in [-0.1, -0.05) is 25.9 Å². The molecule has 1 N–H and O–H groups in total. The molecule has 1 aliphatic rings. The van der Waals surface area contributed by atoms with Crippen molar-refractivity contribution in [1.82, 2.24) is 10.5 Å². The zero-order valence-electron chi connectivity index (χ0n) is 12.6. The fourth-order valence-corrected chi connectivity index (χ4v) is 2.69. The van der Waals surface area contributed by atoms with Gasteiger partial charge in [0.1, 0.15) is 5.76 Å². The van der Waals surface area contributed by atoms with Crippen molar-refractivity contribution in [3.05, 3.63) is 17.0 Å². The van der Waals surface area contributed by atoms with E-state index in [-0.39, 0.29) is 17.1 Å². The summed E-state index contributed by atoms with van der Waals surface area (Å²) >= 11 is 0. The number of hydrogen-bond donors (Lipinski definition) is 1. The minimum atomic E-state index is -0.522. The molecule has 5 nitrogen and oxygen atoms in total. The number of rotatable bonds is 3. The first-order valence-corrected chi connectivity index (χ1v) is 7.09. The number of nitrogens with one attached hydrogen (secondary N) is 1.